The molecular formula is C16H18N2O4. The van der Waals surface area contributed by atoms with E-state index < -0.39 is 5.97 Å². The van der Waals surface area contributed by atoms with Gasteiger partial charge in [-0.3, -0.25) is 0 Å². The van der Waals surface area contributed by atoms with Crippen LogP contribution in [0.3, 0.4) is 0 Å². The minimum atomic E-state index is -1.01. The Labute approximate surface area is 128 Å². The molecule has 0 amide bonds. The number of pyridine rings is 1. The number of aromatic nitrogens is 1. The number of carbonyl (C=O) groups is 1. The van der Waals surface area contributed by atoms with Gasteiger partial charge in [0.2, 0.25) is 0 Å². The van der Waals surface area contributed by atoms with Crippen molar-refractivity contribution in [3.8, 4) is 0 Å². The summed E-state index contributed by atoms with van der Waals surface area (Å²) < 4.78 is 5.49. The molecule has 2 heterocycles. The van der Waals surface area contributed by atoms with Crippen LogP contribution in [0, 0.1) is 0 Å². The summed E-state index contributed by atoms with van der Waals surface area (Å²) in [6, 6.07) is 6.68. The van der Waals surface area contributed by atoms with Crippen LogP contribution in [0.15, 0.2) is 47.0 Å². The molecule has 6 nitrogen and oxygen atoms in total. The van der Waals surface area contributed by atoms with Gasteiger partial charge >= 0.3 is 5.97 Å². The molecule has 2 rings (SSSR count). The molecule has 0 spiro atoms. The Hall–Kier alpha value is -2.60. The zero-order valence-electron chi connectivity index (χ0n) is 12.3. The van der Waals surface area contributed by atoms with Crippen molar-refractivity contribution in [2.75, 3.05) is 11.4 Å². The number of nitrogens with zero attached hydrogens (tertiary/aromatic N) is 2. The van der Waals surface area contributed by atoms with Crippen LogP contribution in [-0.4, -0.2) is 27.7 Å². The fourth-order valence-corrected chi connectivity index (χ4v) is 2.02. The molecule has 2 N–H and O–H groups in total. The van der Waals surface area contributed by atoms with E-state index in [-0.39, 0.29) is 12.2 Å². The second-order valence-corrected chi connectivity index (χ2v) is 5.05. The number of anilines is 1. The maximum absolute atomic E-state index is 10.9. The molecule has 0 atom stereocenters. The number of aromatic carboxylic acids is 1. The summed E-state index contributed by atoms with van der Waals surface area (Å²) in [7, 11) is 0. The average molecular weight is 302 g/mol. The van der Waals surface area contributed by atoms with Crippen LogP contribution in [0.4, 0.5) is 5.82 Å². The van der Waals surface area contributed by atoms with Gasteiger partial charge < -0.3 is 19.5 Å². The highest BCUT2D eigenvalue weighted by Gasteiger charge is 2.13. The first-order valence-corrected chi connectivity index (χ1v) is 6.76. The molecule has 0 saturated heterocycles. The Balaban J connectivity index is 2.21. The maximum atomic E-state index is 10.9. The van der Waals surface area contributed by atoms with E-state index in [0.717, 1.165) is 5.57 Å². The van der Waals surface area contributed by atoms with Gasteiger partial charge in [0.15, 0.2) is 0 Å². The van der Waals surface area contributed by atoms with Crippen molar-refractivity contribution in [2.45, 2.75) is 20.1 Å². The highest BCUT2D eigenvalue weighted by atomic mass is 16.4. The molecule has 0 bridgehead atoms. The van der Waals surface area contributed by atoms with Gasteiger partial charge in [0.1, 0.15) is 23.9 Å². The van der Waals surface area contributed by atoms with E-state index in [4.69, 9.17) is 14.6 Å². The highest BCUT2D eigenvalue weighted by molar-refractivity contribution is 5.87. The summed E-state index contributed by atoms with van der Waals surface area (Å²) in [5.74, 6) is 0.813. The van der Waals surface area contributed by atoms with E-state index in [0.29, 0.717) is 30.4 Å². The lowest BCUT2D eigenvalue weighted by Crippen LogP contribution is -2.25. The topological polar surface area (TPSA) is 86.8 Å². The van der Waals surface area contributed by atoms with Gasteiger partial charge in [-0.1, -0.05) is 12.2 Å². The molecule has 0 unspecified atom stereocenters. The molecule has 0 fully saturated rings. The first-order chi connectivity index (χ1) is 10.5. The van der Waals surface area contributed by atoms with Gasteiger partial charge in [0.25, 0.3) is 0 Å². The second-order valence-electron chi connectivity index (χ2n) is 5.05. The highest BCUT2D eigenvalue weighted by Crippen LogP contribution is 2.18. The quantitative estimate of drug-likeness (QED) is 0.764. The Morgan fingerprint density at radius 2 is 2.05 bits per heavy atom. The maximum Gasteiger partial charge on any atom is 0.337 e. The van der Waals surface area contributed by atoms with Crippen molar-refractivity contribution < 1.29 is 19.4 Å². The Bertz CT molecular complexity index is 661. The predicted octanol–water partition coefficient (Wildman–Crippen LogP) is 2.45. The molecule has 2 aromatic rings. The van der Waals surface area contributed by atoms with Gasteiger partial charge in [0.05, 0.1) is 12.1 Å². The number of aliphatic hydroxyl groups excluding tert-OH is 1. The normalized spacial score (nSPS) is 10.5. The molecule has 6 heteroatoms. The number of aliphatic hydroxyl groups is 1. The van der Waals surface area contributed by atoms with E-state index in [2.05, 4.69) is 11.6 Å². The number of carboxylic acids is 1. The van der Waals surface area contributed by atoms with Crippen molar-refractivity contribution in [2.24, 2.45) is 0 Å². The lowest BCUT2D eigenvalue weighted by molar-refractivity contribution is 0.0696. The zero-order valence-corrected chi connectivity index (χ0v) is 12.3. The Morgan fingerprint density at radius 1 is 1.32 bits per heavy atom. The standard InChI is InChI=1S/C16H18N2O4/c1-11(2)8-18(9-13-4-5-14(10-19)22-13)15-6-3-12(7-17-15)16(20)21/h3-7,19H,1,8-10H2,2H3,(H,20,21). The third-order valence-corrected chi connectivity index (χ3v) is 3.00. The molecule has 0 radical (unpaired) electrons. The van der Waals surface area contributed by atoms with Crippen molar-refractivity contribution >= 4 is 11.8 Å². The molecular weight excluding hydrogens is 284 g/mol. The Morgan fingerprint density at radius 3 is 2.55 bits per heavy atom. The van der Waals surface area contributed by atoms with E-state index in [1.54, 1.807) is 18.2 Å². The molecule has 0 aromatic carbocycles. The number of furan rings is 1. The number of carboxylic acid groups (broad SMARTS) is 1. The summed E-state index contributed by atoms with van der Waals surface area (Å²) in [6.45, 7) is 6.67. The number of hydrogen-bond donors (Lipinski definition) is 2. The van der Waals surface area contributed by atoms with Crippen molar-refractivity contribution in [3.63, 3.8) is 0 Å². The molecule has 0 aliphatic carbocycles. The zero-order chi connectivity index (χ0) is 16.1. The third-order valence-electron chi connectivity index (χ3n) is 3.00. The van der Waals surface area contributed by atoms with Gasteiger partial charge in [-0.2, -0.15) is 0 Å². The van der Waals surface area contributed by atoms with Gasteiger partial charge in [-0.15, -0.1) is 0 Å². The first-order valence-electron chi connectivity index (χ1n) is 6.76. The molecule has 116 valence electrons. The monoisotopic (exact) mass is 302 g/mol. The van der Waals surface area contributed by atoms with Crippen LogP contribution in [0.1, 0.15) is 28.8 Å². The first kappa shape index (κ1) is 15.8. The Kier molecular flexibility index (Phi) is 4.95. The fourth-order valence-electron chi connectivity index (χ4n) is 2.02. The second kappa shape index (κ2) is 6.91. The van der Waals surface area contributed by atoms with Crippen LogP contribution in [0.2, 0.25) is 0 Å². The molecule has 0 saturated carbocycles. The summed E-state index contributed by atoms with van der Waals surface area (Å²) in [4.78, 5) is 17.0. The van der Waals surface area contributed by atoms with Crippen LogP contribution in [0.25, 0.3) is 0 Å². The predicted molar refractivity (Wildman–Crippen MR) is 81.7 cm³/mol. The lowest BCUT2D eigenvalue weighted by Gasteiger charge is -2.22. The number of rotatable bonds is 7. The minimum Gasteiger partial charge on any atom is -0.478 e. The smallest absolute Gasteiger partial charge is 0.337 e. The molecule has 0 aliphatic rings. The van der Waals surface area contributed by atoms with Crippen LogP contribution in [0.5, 0.6) is 0 Å². The van der Waals surface area contributed by atoms with Crippen LogP contribution >= 0.6 is 0 Å². The van der Waals surface area contributed by atoms with Gasteiger partial charge in [0, 0.05) is 12.7 Å². The van der Waals surface area contributed by atoms with Crippen LogP contribution in [-0.2, 0) is 13.2 Å². The minimum absolute atomic E-state index is 0.139. The van der Waals surface area contributed by atoms with Gasteiger partial charge in [-0.05, 0) is 31.2 Å². The number of hydrogen-bond acceptors (Lipinski definition) is 5. The van der Waals surface area contributed by atoms with Crippen molar-refractivity contribution in [1.29, 1.82) is 0 Å². The molecule has 2 aromatic heterocycles. The lowest BCUT2D eigenvalue weighted by atomic mass is 10.2. The van der Waals surface area contributed by atoms with E-state index in [9.17, 15) is 4.79 Å². The third kappa shape index (κ3) is 3.95. The fraction of sp³-hybridized carbons (Fsp3) is 0.250. The molecule has 22 heavy (non-hydrogen) atoms. The van der Waals surface area contributed by atoms with Crippen molar-refractivity contribution in [1.82, 2.24) is 4.98 Å². The van der Waals surface area contributed by atoms with Gasteiger partial charge in [-0.25, -0.2) is 9.78 Å². The largest absolute Gasteiger partial charge is 0.478 e. The van der Waals surface area contributed by atoms with Crippen LogP contribution < -0.4 is 4.90 Å². The molecule has 0 aliphatic heterocycles. The van der Waals surface area contributed by atoms with E-state index in [1.807, 2.05) is 11.8 Å². The van der Waals surface area contributed by atoms with E-state index >= 15 is 0 Å². The summed E-state index contributed by atoms with van der Waals surface area (Å²) in [6.07, 6.45) is 1.32. The summed E-state index contributed by atoms with van der Waals surface area (Å²) in [5, 5.41) is 18.0. The van der Waals surface area contributed by atoms with E-state index in [1.165, 1.54) is 12.3 Å². The SMILES string of the molecule is C=C(C)CN(Cc1ccc(CO)o1)c1ccc(C(=O)O)cn1. The summed E-state index contributed by atoms with van der Waals surface area (Å²) in [5.41, 5.74) is 1.08. The van der Waals surface area contributed by atoms with Crippen molar-refractivity contribution in [3.05, 3.63) is 59.7 Å². The average Bonchev–Trinajstić information content (AvgIpc) is 2.94. The summed E-state index contributed by atoms with van der Waals surface area (Å²) >= 11 is 0.